The molecule has 3 amide bonds. The number of nitrogens with zero attached hydrogens (tertiary/aromatic N) is 1. The monoisotopic (exact) mass is 321 g/mol. The highest BCUT2D eigenvalue weighted by Crippen LogP contribution is 2.14. The summed E-state index contributed by atoms with van der Waals surface area (Å²) in [7, 11) is 0. The molecule has 1 aromatic rings. The highest BCUT2D eigenvalue weighted by molar-refractivity contribution is 5.88. The van der Waals surface area contributed by atoms with Gasteiger partial charge in [-0.05, 0) is 56.9 Å². The van der Waals surface area contributed by atoms with E-state index in [0.29, 0.717) is 25.9 Å². The molecular weight excluding hydrogens is 297 g/mol. The van der Waals surface area contributed by atoms with Crippen LogP contribution in [0.2, 0.25) is 0 Å². The first-order valence-electron chi connectivity index (χ1n) is 7.98. The van der Waals surface area contributed by atoms with Crippen LogP contribution in [0, 0.1) is 12.7 Å². The first-order valence-corrected chi connectivity index (χ1v) is 7.98. The molecule has 1 aromatic carbocycles. The maximum absolute atomic E-state index is 13.0. The molecule has 126 valence electrons. The maximum atomic E-state index is 13.0. The SMILES string of the molecule is Cc1cc(F)ccc1CCNC(=O)N[C@H]1CCN(C(C)C)C1=O. The third kappa shape index (κ3) is 4.43. The zero-order valence-corrected chi connectivity index (χ0v) is 13.9. The van der Waals surface area contributed by atoms with E-state index in [0.717, 1.165) is 11.1 Å². The van der Waals surface area contributed by atoms with Crippen molar-refractivity contribution in [2.45, 2.75) is 45.7 Å². The Balaban J connectivity index is 1.76. The Hall–Kier alpha value is -2.11. The van der Waals surface area contributed by atoms with Crippen molar-refractivity contribution in [3.63, 3.8) is 0 Å². The lowest BCUT2D eigenvalue weighted by molar-refractivity contribution is -0.130. The van der Waals surface area contributed by atoms with E-state index in [1.165, 1.54) is 12.1 Å². The van der Waals surface area contributed by atoms with Crippen molar-refractivity contribution in [1.29, 1.82) is 0 Å². The van der Waals surface area contributed by atoms with E-state index in [2.05, 4.69) is 10.6 Å². The lowest BCUT2D eigenvalue weighted by Gasteiger charge is -2.21. The minimum absolute atomic E-state index is 0.0236. The molecule has 0 bridgehead atoms. The van der Waals surface area contributed by atoms with Gasteiger partial charge in [-0.25, -0.2) is 9.18 Å². The highest BCUT2D eigenvalue weighted by Gasteiger charge is 2.33. The van der Waals surface area contributed by atoms with Crippen LogP contribution in [0.25, 0.3) is 0 Å². The summed E-state index contributed by atoms with van der Waals surface area (Å²) >= 11 is 0. The van der Waals surface area contributed by atoms with E-state index >= 15 is 0 Å². The number of aryl methyl sites for hydroxylation is 1. The summed E-state index contributed by atoms with van der Waals surface area (Å²) in [5.74, 6) is -0.282. The van der Waals surface area contributed by atoms with Crippen molar-refractivity contribution in [2.75, 3.05) is 13.1 Å². The molecular formula is C17H24FN3O2. The summed E-state index contributed by atoms with van der Waals surface area (Å²) in [5, 5.41) is 5.47. The van der Waals surface area contributed by atoms with E-state index in [4.69, 9.17) is 0 Å². The Bertz CT molecular complexity index is 589. The average molecular weight is 321 g/mol. The number of hydrogen-bond donors (Lipinski definition) is 2. The average Bonchev–Trinajstić information content (AvgIpc) is 2.82. The van der Waals surface area contributed by atoms with Crippen molar-refractivity contribution in [1.82, 2.24) is 15.5 Å². The van der Waals surface area contributed by atoms with Crippen molar-refractivity contribution >= 4 is 11.9 Å². The van der Waals surface area contributed by atoms with Gasteiger partial charge in [0.1, 0.15) is 11.9 Å². The third-order valence-electron chi connectivity index (χ3n) is 4.15. The molecule has 2 rings (SSSR count). The number of halogens is 1. The standard InChI is InChI=1S/C17H24FN3O2/c1-11(2)21-9-7-15(16(21)22)20-17(23)19-8-6-13-4-5-14(18)10-12(13)3/h4-5,10-11,15H,6-9H2,1-3H3,(H2,19,20,23)/t15-/m0/s1. The van der Waals surface area contributed by atoms with Gasteiger partial charge in [-0.3, -0.25) is 4.79 Å². The molecule has 5 nitrogen and oxygen atoms in total. The van der Waals surface area contributed by atoms with Gasteiger partial charge in [0.25, 0.3) is 0 Å². The van der Waals surface area contributed by atoms with Gasteiger partial charge >= 0.3 is 6.03 Å². The largest absolute Gasteiger partial charge is 0.338 e. The van der Waals surface area contributed by atoms with Gasteiger partial charge in [-0.1, -0.05) is 6.07 Å². The first-order chi connectivity index (χ1) is 10.9. The van der Waals surface area contributed by atoms with Gasteiger partial charge in [0.15, 0.2) is 0 Å². The second-order valence-electron chi connectivity index (χ2n) is 6.19. The molecule has 2 N–H and O–H groups in total. The van der Waals surface area contributed by atoms with Crippen LogP contribution < -0.4 is 10.6 Å². The Morgan fingerprint density at radius 2 is 2.17 bits per heavy atom. The molecule has 1 atom stereocenters. The fourth-order valence-electron chi connectivity index (χ4n) is 2.81. The maximum Gasteiger partial charge on any atom is 0.315 e. The van der Waals surface area contributed by atoms with Crippen LogP contribution in [0.1, 0.15) is 31.4 Å². The zero-order chi connectivity index (χ0) is 17.0. The Labute approximate surface area is 136 Å². The smallest absolute Gasteiger partial charge is 0.315 e. The van der Waals surface area contributed by atoms with Gasteiger partial charge in [0, 0.05) is 19.1 Å². The number of urea groups is 1. The predicted molar refractivity (Wildman–Crippen MR) is 86.6 cm³/mol. The van der Waals surface area contributed by atoms with Gasteiger partial charge in [-0.2, -0.15) is 0 Å². The van der Waals surface area contributed by atoms with Gasteiger partial charge < -0.3 is 15.5 Å². The molecule has 0 aromatic heterocycles. The minimum atomic E-state index is -0.440. The van der Waals surface area contributed by atoms with Crippen LogP contribution in [0.3, 0.4) is 0 Å². The van der Waals surface area contributed by atoms with Crippen LogP contribution in [0.15, 0.2) is 18.2 Å². The fourth-order valence-corrected chi connectivity index (χ4v) is 2.81. The molecule has 0 unspecified atom stereocenters. The number of carbonyl (C=O) groups excluding carboxylic acids is 2. The number of benzene rings is 1. The Morgan fingerprint density at radius 3 is 2.78 bits per heavy atom. The van der Waals surface area contributed by atoms with E-state index in [1.807, 2.05) is 20.8 Å². The summed E-state index contributed by atoms with van der Waals surface area (Å²) in [5.41, 5.74) is 1.86. The molecule has 0 radical (unpaired) electrons. The van der Waals surface area contributed by atoms with Crippen LogP contribution in [-0.2, 0) is 11.2 Å². The zero-order valence-electron chi connectivity index (χ0n) is 13.9. The Kier molecular flexibility index (Phi) is 5.58. The van der Waals surface area contributed by atoms with E-state index in [1.54, 1.807) is 11.0 Å². The summed E-state index contributed by atoms with van der Waals surface area (Å²) < 4.78 is 13.0. The van der Waals surface area contributed by atoms with Crippen LogP contribution in [0.4, 0.5) is 9.18 Å². The number of rotatable bonds is 5. The second-order valence-corrected chi connectivity index (χ2v) is 6.19. The number of nitrogens with one attached hydrogen (secondary N) is 2. The number of carbonyl (C=O) groups is 2. The predicted octanol–water partition coefficient (Wildman–Crippen LogP) is 1.99. The van der Waals surface area contributed by atoms with Crippen molar-refractivity contribution < 1.29 is 14.0 Å². The lowest BCUT2D eigenvalue weighted by Crippen LogP contribution is -2.47. The molecule has 6 heteroatoms. The summed E-state index contributed by atoms with van der Waals surface area (Å²) in [4.78, 5) is 25.8. The lowest BCUT2D eigenvalue weighted by atomic mass is 10.1. The first kappa shape index (κ1) is 17.2. The molecule has 0 spiro atoms. The van der Waals surface area contributed by atoms with Gasteiger partial charge in [0.2, 0.25) is 5.91 Å². The molecule has 1 aliphatic heterocycles. The van der Waals surface area contributed by atoms with Crippen LogP contribution in [0.5, 0.6) is 0 Å². The molecule has 0 saturated carbocycles. The summed E-state index contributed by atoms with van der Waals surface area (Å²) in [6, 6.07) is 4.00. The highest BCUT2D eigenvalue weighted by atomic mass is 19.1. The number of amides is 3. The third-order valence-corrected chi connectivity index (χ3v) is 4.15. The molecule has 23 heavy (non-hydrogen) atoms. The fraction of sp³-hybridized carbons (Fsp3) is 0.529. The normalized spacial score (nSPS) is 17.7. The number of likely N-dealkylation sites (tertiary alicyclic amines) is 1. The molecule has 0 aliphatic carbocycles. The van der Waals surface area contributed by atoms with E-state index in [9.17, 15) is 14.0 Å². The topological polar surface area (TPSA) is 61.4 Å². The molecule has 1 heterocycles. The number of hydrogen-bond acceptors (Lipinski definition) is 2. The molecule has 1 aliphatic rings. The quantitative estimate of drug-likeness (QED) is 0.871. The minimum Gasteiger partial charge on any atom is -0.338 e. The van der Waals surface area contributed by atoms with Crippen LogP contribution in [-0.4, -0.2) is 42.0 Å². The van der Waals surface area contributed by atoms with Gasteiger partial charge in [-0.15, -0.1) is 0 Å². The van der Waals surface area contributed by atoms with Crippen LogP contribution >= 0.6 is 0 Å². The Morgan fingerprint density at radius 1 is 1.43 bits per heavy atom. The summed E-state index contributed by atoms with van der Waals surface area (Å²) in [6.45, 7) is 6.89. The summed E-state index contributed by atoms with van der Waals surface area (Å²) in [6.07, 6.45) is 1.26. The second kappa shape index (κ2) is 7.44. The van der Waals surface area contributed by atoms with E-state index in [-0.39, 0.29) is 23.8 Å². The van der Waals surface area contributed by atoms with Gasteiger partial charge in [0.05, 0.1) is 0 Å². The van der Waals surface area contributed by atoms with Crippen molar-refractivity contribution in [3.05, 3.63) is 35.1 Å². The van der Waals surface area contributed by atoms with E-state index < -0.39 is 6.04 Å². The molecule has 1 fully saturated rings. The molecule has 1 saturated heterocycles. The van der Waals surface area contributed by atoms with Crippen molar-refractivity contribution in [2.24, 2.45) is 0 Å². The van der Waals surface area contributed by atoms with Crippen molar-refractivity contribution in [3.8, 4) is 0 Å².